The Morgan fingerprint density at radius 1 is 1.44 bits per heavy atom. The molecule has 1 fully saturated rings. The third kappa shape index (κ3) is 2.69. The van der Waals surface area contributed by atoms with Crippen molar-refractivity contribution in [1.29, 1.82) is 0 Å². The lowest BCUT2D eigenvalue weighted by Gasteiger charge is -2.37. The van der Waals surface area contributed by atoms with Gasteiger partial charge in [0, 0.05) is 18.9 Å². The molecule has 3 N–H and O–H groups in total. The lowest BCUT2D eigenvalue weighted by atomic mass is 9.70. The first-order chi connectivity index (χ1) is 8.09. The summed E-state index contributed by atoms with van der Waals surface area (Å²) >= 11 is 0. The summed E-state index contributed by atoms with van der Waals surface area (Å²) in [5, 5.41) is 9.32. The van der Waals surface area contributed by atoms with Gasteiger partial charge in [0.05, 0.1) is 0 Å². The van der Waals surface area contributed by atoms with Gasteiger partial charge in [-0.1, -0.05) is 0 Å². The molecule has 0 aliphatic heterocycles. The molecule has 18 heavy (non-hydrogen) atoms. The van der Waals surface area contributed by atoms with Crippen molar-refractivity contribution in [2.24, 2.45) is 11.1 Å². The second-order valence-corrected chi connectivity index (χ2v) is 5.63. The van der Waals surface area contributed by atoms with Crippen molar-refractivity contribution in [1.82, 2.24) is 0 Å². The summed E-state index contributed by atoms with van der Waals surface area (Å²) in [5.74, 6) is -2.30. The highest BCUT2D eigenvalue weighted by Gasteiger charge is 2.55. The Kier molecular flexibility index (Phi) is 3.81. The van der Waals surface area contributed by atoms with Crippen molar-refractivity contribution in [2.45, 2.75) is 51.7 Å². The standard InChI is InChI=1S/C12H19NO5/c1-11(2,3)18-10(17)12(9(15)16)5-4-7(14)6-8(12)13/h8H,4-6,13H2,1-3H3,(H,15,16)/t8-,12+/m1/s1. The van der Waals surface area contributed by atoms with Crippen molar-refractivity contribution < 1.29 is 24.2 Å². The van der Waals surface area contributed by atoms with Crippen LogP contribution < -0.4 is 5.73 Å². The Morgan fingerprint density at radius 3 is 2.39 bits per heavy atom. The number of Topliss-reactive ketones (excluding diaryl/α,β-unsaturated/α-hetero) is 1. The summed E-state index contributed by atoms with van der Waals surface area (Å²) in [5.41, 5.74) is 3.13. The highest BCUT2D eigenvalue weighted by Crippen LogP contribution is 2.37. The molecule has 1 aliphatic carbocycles. The van der Waals surface area contributed by atoms with E-state index < -0.39 is 29.0 Å². The summed E-state index contributed by atoms with van der Waals surface area (Å²) in [6.07, 6.45) is -0.165. The molecule has 1 saturated carbocycles. The molecule has 102 valence electrons. The second-order valence-electron chi connectivity index (χ2n) is 5.63. The van der Waals surface area contributed by atoms with E-state index in [9.17, 15) is 19.5 Å². The number of ketones is 1. The maximum atomic E-state index is 12.1. The van der Waals surface area contributed by atoms with Crippen LogP contribution in [0.4, 0.5) is 0 Å². The van der Waals surface area contributed by atoms with Crippen LogP contribution in [0.25, 0.3) is 0 Å². The minimum atomic E-state index is -1.80. The molecular weight excluding hydrogens is 238 g/mol. The lowest BCUT2D eigenvalue weighted by molar-refractivity contribution is -0.180. The van der Waals surface area contributed by atoms with Gasteiger partial charge < -0.3 is 15.6 Å². The van der Waals surface area contributed by atoms with Crippen molar-refractivity contribution in [3.63, 3.8) is 0 Å². The molecule has 0 amide bonds. The fourth-order valence-electron chi connectivity index (χ4n) is 2.02. The molecule has 0 radical (unpaired) electrons. The van der Waals surface area contributed by atoms with E-state index in [0.717, 1.165) is 0 Å². The SMILES string of the molecule is CC(C)(C)OC(=O)[C@@]1(C(=O)O)CCC(=O)C[C@H]1N. The number of aliphatic carboxylic acids is 1. The number of carboxylic acids is 1. The average molecular weight is 257 g/mol. The quantitative estimate of drug-likeness (QED) is 0.550. The molecule has 2 atom stereocenters. The first kappa shape index (κ1) is 14.6. The first-order valence-corrected chi connectivity index (χ1v) is 5.84. The third-order valence-corrected chi connectivity index (χ3v) is 3.02. The number of ether oxygens (including phenoxy) is 1. The van der Waals surface area contributed by atoms with E-state index in [2.05, 4.69) is 0 Å². The largest absolute Gasteiger partial charge is 0.480 e. The summed E-state index contributed by atoms with van der Waals surface area (Å²) in [6.45, 7) is 4.96. The number of nitrogens with two attached hydrogens (primary N) is 1. The van der Waals surface area contributed by atoms with Crippen LogP contribution in [0.3, 0.4) is 0 Å². The minimum Gasteiger partial charge on any atom is -0.480 e. The van der Waals surface area contributed by atoms with Gasteiger partial charge in [0.2, 0.25) is 0 Å². The van der Waals surface area contributed by atoms with Crippen LogP contribution in [0.2, 0.25) is 0 Å². The monoisotopic (exact) mass is 257 g/mol. The van der Waals surface area contributed by atoms with Crippen LogP contribution in [-0.2, 0) is 19.1 Å². The molecule has 0 aromatic rings. The molecule has 0 saturated heterocycles. The fraction of sp³-hybridized carbons (Fsp3) is 0.750. The zero-order chi connectivity index (χ0) is 14.1. The number of hydrogen-bond donors (Lipinski definition) is 2. The second kappa shape index (κ2) is 4.68. The van der Waals surface area contributed by atoms with E-state index in [1.165, 1.54) is 0 Å². The van der Waals surface area contributed by atoms with Gasteiger partial charge in [-0.2, -0.15) is 0 Å². The van der Waals surface area contributed by atoms with Gasteiger partial charge in [0.1, 0.15) is 11.4 Å². The molecule has 1 rings (SSSR count). The highest BCUT2D eigenvalue weighted by atomic mass is 16.6. The molecule has 0 heterocycles. The highest BCUT2D eigenvalue weighted by molar-refractivity contribution is 6.02. The summed E-state index contributed by atoms with van der Waals surface area (Å²) in [7, 11) is 0. The normalized spacial score (nSPS) is 28.9. The molecule has 0 aromatic carbocycles. The topological polar surface area (TPSA) is 107 Å². The predicted octanol–water partition coefficient (Wildman–Crippen LogP) is 0.479. The van der Waals surface area contributed by atoms with Gasteiger partial charge in [-0.05, 0) is 27.2 Å². The van der Waals surface area contributed by atoms with Crippen molar-refractivity contribution in [3.8, 4) is 0 Å². The van der Waals surface area contributed by atoms with E-state index in [1.54, 1.807) is 20.8 Å². The Morgan fingerprint density at radius 2 is 2.00 bits per heavy atom. The van der Waals surface area contributed by atoms with Gasteiger partial charge in [-0.3, -0.25) is 14.4 Å². The van der Waals surface area contributed by atoms with Crippen LogP contribution >= 0.6 is 0 Å². The van der Waals surface area contributed by atoms with Gasteiger partial charge in [0.15, 0.2) is 5.41 Å². The number of esters is 1. The van der Waals surface area contributed by atoms with Crippen molar-refractivity contribution in [3.05, 3.63) is 0 Å². The number of carboxylic acid groups (broad SMARTS) is 1. The lowest BCUT2D eigenvalue weighted by Crippen LogP contribution is -2.58. The minimum absolute atomic E-state index is 0.0409. The average Bonchev–Trinajstić information content (AvgIpc) is 2.13. The van der Waals surface area contributed by atoms with Crippen molar-refractivity contribution in [2.75, 3.05) is 0 Å². The van der Waals surface area contributed by atoms with Gasteiger partial charge in [0.25, 0.3) is 0 Å². The summed E-state index contributed by atoms with van der Waals surface area (Å²) in [6, 6.07) is -1.04. The van der Waals surface area contributed by atoms with Gasteiger partial charge in [-0.15, -0.1) is 0 Å². The van der Waals surface area contributed by atoms with Crippen LogP contribution in [0.5, 0.6) is 0 Å². The predicted molar refractivity (Wildman–Crippen MR) is 62.7 cm³/mol. The van der Waals surface area contributed by atoms with E-state index in [4.69, 9.17) is 10.5 Å². The number of carbonyl (C=O) groups is 3. The molecule has 6 nitrogen and oxygen atoms in total. The fourth-order valence-corrected chi connectivity index (χ4v) is 2.02. The molecular formula is C12H19NO5. The zero-order valence-electron chi connectivity index (χ0n) is 10.9. The number of rotatable bonds is 2. The van der Waals surface area contributed by atoms with Gasteiger partial charge >= 0.3 is 11.9 Å². The van der Waals surface area contributed by atoms with Crippen LogP contribution in [0.1, 0.15) is 40.0 Å². The Labute approximate surface area is 105 Å². The van der Waals surface area contributed by atoms with Crippen LogP contribution in [0, 0.1) is 5.41 Å². The Hall–Kier alpha value is -1.43. The molecule has 0 unspecified atom stereocenters. The summed E-state index contributed by atoms with van der Waals surface area (Å²) < 4.78 is 5.14. The zero-order valence-corrected chi connectivity index (χ0v) is 10.9. The first-order valence-electron chi connectivity index (χ1n) is 5.84. The number of hydrogen-bond acceptors (Lipinski definition) is 5. The molecule has 1 aliphatic rings. The van der Waals surface area contributed by atoms with E-state index in [1.807, 2.05) is 0 Å². The third-order valence-electron chi connectivity index (χ3n) is 3.02. The summed E-state index contributed by atoms with van der Waals surface area (Å²) in [4.78, 5) is 34.8. The Balaban J connectivity index is 3.05. The van der Waals surface area contributed by atoms with E-state index >= 15 is 0 Å². The maximum Gasteiger partial charge on any atom is 0.325 e. The maximum absolute atomic E-state index is 12.1. The van der Waals surface area contributed by atoms with Gasteiger partial charge in [-0.25, -0.2) is 0 Å². The number of carbonyl (C=O) groups excluding carboxylic acids is 2. The van der Waals surface area contributed by atoms with Crippen molar-refractivity contribution >= 4 is 17.7 Å². The molecule has 6 heteroatoms. The van der Waals surface area contributed by atoms with E-state index in [-0.39, 0.29) is 25.0 Å². The van der Waals surface area contributed by atoms with Crippen LogP contribution in [-0.4, -0.2) is 34.5 Å². The molecule has 0 aromatic heterocycles. The van der Waals surface area contributed by atoms with E-state index in [0.29, 0.717) is 0 Å². The molecule has 0 bridgehead atoms. The molecule has 0 spiro atoms. The Bertz CT molecular complexity index is 384. The van der Waals surface area contributed by atoms with Crippen LogP contribution in [0.15, 0.2) is 0 Å². The smallest absolute Gasteiger partial charge is 0.325 e.